The number of unbranched alkanes of at least 4 members (excludes halogenated alkanes) is 1. The molecule has 3 fully saturated rings. The summed E-state index contributed by atoms with van der Waals surface area (Å²) in [6, 6.07) is 0. The molecular weight excluding hydrogens is 420 g/mol. The fourth-order valence-electron chi connectivity index (χ4n) is 8.92. The molecule has 34 heavy (non-hydrogen) atoms. The molecule has 4 aliphatic rings. The number of rotatable bonds is 8. The van der Waals surface area contributed by atoms with Crippen molar-refractivity contribution in [1.82, 2.24) is 0 Å². The van der Waals surface area contributed by atoms with Crippen LogP contribution >= 0.6 is 0 Å². The van der Waals surface area contributed by atoms with Gasteiger partial charge in [0, 0.05) is 11.8 Å². The zero-order valence-electron chi connectivity index (χ0n) is 22.8. The maximum Gasteiger partial charge on any atom is 0.0661 e. The quantitative estimate of drug-likeness (QED) is 0.370. The monoisotopic (exact) mass is 472 g/mol. The zero-order chi connectivity index (χ0) is 24.8. The van der Waals surface area contributed by atoms with E-state index in [1.807, 2.05) is 0 Å². The summed E-state index contributed by atoms with van der Waals surface area (Å²) in [5.74, 6) is 3.29. The minimum Gasteiger partial charge on any atom is -0.393 e. The molecule has 3 heteroatoms. The van der Waals surface area contributed by atoms with Crippen LogP contribution < -0.4 is 0 Å². The Morgan fingerprint density at radius 1 is 1.03 bits per heavy atom. The fourth-order valence-corrected chi connectivity index (χ4v) is 8.92. The first kappa shape index (κ1) is 26.4. The van der Waals surface area contributed by atoms with E-state index in [4.69, 9.17) is 0 Å². The van der Waals surface area contributed by atoms with E-state index < -0.39 is 12.2 Å². The first-order valence-electron chi connectivity index (χ1n) is 14.5. The summed E-state index contributed by atoms with van der Waals surface area (Å²) in [5.41, 5.74) is 2.97. The van der Waals surface area contributed by atoms with Gasteiger partial charge in [-0.3, -0.25) is 0 Å². The smallest absolute Gasteiger partial charge is 0.0661 e. The molecule has 0 saturated heterocycles. The molecule has 0 aromatic rings. The van der Waals surface area contributed by atoms with E-state index in [2.05, 4.69) is 53.7 Å². The van der Waals surface area contributed by atoms with Crippen LogP contribution in [0, 0.1) is 46.3 Å². The molecule has 4 aliphatic carbocycles. The van der Waals surface area contributed by atoms with Crippen LogP contribution in [0.5, 0.6) is 0 Å². The van der Waals surface area contributed by atoms with E-state index in [-0.39, 0.29) is 11.5 Å². The number of fused-ring (bicyclic) bond motifs is 5. The third kappa shape index (κ3) is 4.37. The number of hydrogen-bond donors (Lipinski definition) is 3. The van der Waals surface area contributed by atoms with Crippen molar-refractivity contribution in [3.05, 3.63) is 23.3 Å². The van der Waals surface area contributed by atoms with Crippen LogP contribution in [0.2, 0.25) is 0 Å². The summed E-state index contributed by atoms with van der Waals surface area (Å²) in [4.78, 5) is 0. The van der Waals surface area contributed by atoms with Gasteiger partial charge in [-0.2, -0.15) is 0 Å². The lowest BCUT2D eigenvalue weighted by Crippen LogP contribution is -2.52. The van der Waals surface area contributed by atoms with Gasteiger partial charge in [0.25, 0.3) is 0 Å². The molecule has 3 saturated carbocycles. The highest BCUT2D eigenvalue weighted by Crippen LogP contribution is 2.66. The topological polar surface area (TPSA) is 60.7 Å². The van der Waals surface area contributed by atoms with Gasteiger partial charge in [-0.05, 0) is 79.4 Å². The van der Waals surface area contributed by atoms with Gasteiger partial charge in [-0.25, -0.2) is 0 Å². The van der Waals surface area contributed by atoms with Gasteiger partial charge in [0.1, 0.15) is 0 Å². The van der Waals surface area contributed by atoms with Gasteiger partial charge in [0.2, 0.25) is 0 Å². The van der Waals surface area contributed by atoms with E-state index in [0.29, 0.717) is 53.8 Å². The van der Waals surface area contributed by atoms with E-state index in [1.54, 1.807) is 5.57 Å². The van der Waals surface area contributed by atoms with Crippen LogP contribution in [0.25, 0.3) is 0 Å². The molecule has 3 nitrogen and oxygen atoms in total. The molecule has 0 unspecified atom stereocenters. The van der Waals surface area contributed by atoms with Crippen molar-refractivity contribution in [2.45, 2.75) is 124 Å². The van der Waals surface area contributed by atoms with Gasteiger partial charge in [0.05, 0.1) is 18.3 Å². The SMILES string of the molecule is CCCC[C@@H](C[C@H](O)C(C)C)[C@@H](C)[C@H]1CC[C@H]2C3=CC=C4C[C@@H](O)C[C@H](O)[C@]4(C)[C@H]3CC[C@]12C. The minimum absolute atomic E-state index is 0.197. The average molecular weight is 473 g/mol. The number of hydrogen-bond acceptors (Lipinski definition) is 3. The molecular formula is C31H52O3. The van der Waals surface area contributed by atoms with Gasteiger partial charge >= 0.3 is 0 Å². The molecule has 194 valence electrons. The molecule has 10 atom stereocenters. The number of aliphatic hydroxyl groups excluding tert-OH is 3. The standard InChI is InChI=1S/C31H52O3/c1-7-8-9-21(16-28(33)19(2)3)20(4)25-12-13-26-24-11-10-22-17-23(32)18-29(34)31(22,6)27(24)14-15-30(25,26)5/h10-11,19-21,23,25-29,32-34H,7-9,12-18H2,1-6H3/t20-,21+,23-,25-,26+,27+,28+,29+,30-,31+/m1/s1. The minimum atomic E-state index is -0.451. The first-order chi connectivity index (χ1) is 16.0. The van der Waals surface area contributed by atoms with Crippen LogP contribution in [0.15, 0.2) is 23.3 Å². The molecule has 0 bridgehead atoms. The second-order valence-corrected chi connectivity index (χ2v) is 13.4. The maximum absolute atomic E-state index is 11.1. The zero-order valence-corrected chi connectivity index (χ0v) is 22.8. The Bertz CT molecular complexity index is 784. The normalized spacial score (nSPS) is 42.2. The van der Waals surface area contributed by atoms with Crippen molar-refractivity contribution in [3.8, 4) is 0 Å². The molecule has 0 aromatic heterocycles. The molecule has 0 spiro atoms. The lowest BCUT2D eigenvalue weighted by Gasteiger charge is -2.56. The van der Waals surface area contributed by atoms with Gasteiger partial charge in [-0.1, -0.05) is 84.1 Å². The first-order valence-corrected chi connectivity index (χ1v) is 14.5. The van der Waals surface area contributed by atoms with Crippen molar-refractivity contribution >= 4 is 0 Å². The summed E-state index contributed by atoms with van der Waals surface area (Å²) < 4.78 is 0. The highest BCUT2D eigenvalue weighted by molar-refractivity contribution is 5.40. The van der Waals surface area contributed by atoms with Crippen LogP contribution in [0.1, 0.15) is 106 Å². The van der Waals surface area contributed by atoms with Crippen LogP contribution in [0.3, 0.4) is 0 Å². The van der Waals surface area contributed by atoms with Crippen molar-refractivity contribution in [2.24, 2.45) is 46.3 Å². The van der Waals surface area contributed by atoms with Gasteiger partial charge in [-0.15, -0.1) is 0 Å². The lowest BCUT2D eigenvalue weighted by molar-refractivity contribution is -0.0560. The fraction of sp³-hybridized carbons (Fsp3) is 0.871. The molecule has 0 radical (unpaired) electrons. The van der Waals surface area contributed by atoms with E-state index in [0.717, 1.165) is 12.8 Å². The molecule has 0 amide bonds. The summed E-state index contributed by atoms with van der Waals surface area (Å²) in [6.45, 7) is 13.9. The number of aliphatic hydroxyl groups is 3. The summed E-state index contributed by atoms with van der Waals surface area (Å²) in [7, 11) is 0. The van der Waals surface area contributed by atoms with E-state index >= 15 is 0 Å². The van der Waals surface area contributed by atoms with E-state index in [9.17, 15) is 15.3 Å². The third-order valence-corrected chi connectivity index (χ3v) is 11.3. The largest absolute Gasteiger partial charge is 0.393 e. The third-order valence-electron chi connectivity index (χ3n) is 11.3. The molecule has 0 heterocycles. The van der Waals surface area contributed by atoms with Gasteiger partial charge in [0.15, 0.2) is 0 Å². The molecule has 0 aliphatic heterocycles. The molecule has 3 N–H and O–H groups in total. The average Bonchev–Trinajstić information content (AvgIpc) is 3.14. The summed E-state index contributed by atoms with van der Waals surface area (Å²) >= 11 is 0. The van der Waals surface area contributed by atoms with Crippen LogP contribution in [-0.4, -0.2) is 33.6 Å². The second-order valence-electron chi connectivity index (χ2n) is 13.4. The van der Waals surface area contributed by atoms with Crippen molar-refractivity contribution in [3.63, 3.8) is 0 Å². The highest BCUT2D eigenvalue weighted by Gasteiger charge is 2.59. The highest BCUT2D eigenvalue weighted by atomic mass is 16.3. The van der Waals surface area contributed by atoms with Crippen LogP contribution in [0.4, 0.5) is 0 Å². The maximum atomic E-state index is 11.1. The van der Waals surface area contributed by atoms with Gasteiger partial charge < -0.3 is 15.3 Å². The van der Waals surface area contributed by atoms with Crippen LogP contribution in [-0.2, 0) is 0 Å². The Labute approximate surface area is 209 Å². The molecule has 4 rings (SSSR count). The molecule has 0 aromatic carbocycles. The van der Waals surface area contributed by atoms with Crippen molar-refractivity contribution in [2.75, 3.05) is 0 Å². The van der Waals surface area contributed by atoms with Crippen molar-refractivity contribution in [1.29, 1.82) is 0 Å². The Balaban J connectivity index is 1.58. The Morgan fingerprint density at radius 2 is 1.76 bits per heavy atom. The Kier molecular flexibility index (Phi) is 7.79. The Hall–Kier alpha value is -0.640. The summed E-state index contributed by atoms with van der Waals surface area (Å²) in [5, 5.41) is 32.2. The lowest BCUT2D eigenvalue weighted by atomic mass is 9.49. The summed E-state index contributed by atoms with van der Waals surface area (Å²) in [6.07, 6.45) is 14.5. The Morgan fingerprint density at radius 3 is 2.44 bits per heavy atom. The predicted molar refractivity (Wildman–Crippen MR) is 140 cm³/mol. The number of allylic oxidation sites excluding steroid dienone is 3. The van der Waals surface area contributed by atoms with Crippen molar-refractivity contribution < 1.29 is 15.3 Å². The second kappa shape index (κ2) is 10.0. The van der Waals surface area contributed by atoms with E-state index in [1.165, 1.54) is 44.1 Å². The predicted octanol–water partition coefficient (Wildman–Crippen LogP) is 6.67.